The van der Waals surface area contributed by atoms with Gasteiger partial charge in [-0.2, -0.15) is 0 Å². The third-order valence-electron chi connectivity index (χ3n) is 4.46. The molecule has 2 aromatic rings. The zero-order valence-corrected chi connectivity index (χ0v) is 15.2. The van der Waals surface area contributed by atoms with Crippen LogP contribution in [0.2, 0.25) is 0 Å². The first-order valence-corrected chi connectivity index (χ1v) is 8.71. The predicted molar refractivity (Wildman–Crippen MR) is 98.7 cm³/mol. The van der Waals surface area contributed by atoms with Gasteiger partial charge in [0.25, 0.3) is 11.8 Å². The summed E-state index contributed by atoms with van der Waals surface area (Å²) in [6, 6.07) is 10.1. The molecule has 0 saturated heterocycles. The summed E-state index contributed by atoms with van der Waals surface area (Å²) in [6.07, 6.45) is 1.71. The SMILES string of the molecule is CCCCOC(=O)c1ccc2c(c1)C(=O)N(c1cc(C)ccc1C)C2=O. The first kappa shape index (κ1) is 17.9. The standard InChI is InChI=1S/C21H21NO4/c1-4-5-10-26-21(25)15-8-9-16-17(12-15)20(24)22(19(16)23)18-11-13(2)6-7-14(18)3/h6-9,11-12H,4-5,10H2,1-3H3. The van der Waals surface area contributed by atoms with E-state index in [9.17, 15) is 14.4 Å². The Morgan fingerprint density at radius 3 is 2.46 bits per heavy atom. The third kappa shape index (κ3) is 3.12. The highest BCUT2D eigenvalue weighted by molar-refractivity contribution is 6.35. The van der Waals surface area contributed by atoms with E-state index < -0.39 is 11.9 Å². The van der Waals surface area contributed by atoms with Crippen molar-refractivity contribution in [2.24, 2.45) is 0 Å². The number of carbonyl (C=O) groups is 3. The molecule has 5 heteroatoms. The van der Waals surface area contributed by atoms with Gasteiger partial charge in [0, 0.05) is 0 Å². The Bertz CT molecular complexity index is 901. The van der Waals surface area contributed by atoms with Gasteiger partial charge in [-0.1, -0.05) is 25.5 Å². The van der Waals surface area contributed by atoms with Crippen LogP contribution >= 0.6 is 0 Å². The highest BCUT2D eigenvalue weighted by Gasteiger charge is 2.37. The third-order valence-corrected chi connectivity index (χ3v) is 4.46. The normalized spacial score (nSPS) is 13.1. The molecule has 0 bridgehead atoms. The molecular formula is C21H21NO4. The second-order valence-corrected chi connectivity index (χ2v) is 6.49. The largest absolute Gasteiger partial charge is 0.462 e. The number of imide groups is 1. The molecule has 0 unspecified atom stereocenters. The summed E-state index contributed by atoms with van der Waals surface area (Å²) in [5, 5.41) is 0. The van der Waals surface area contributed by atoms with Gasteiger partial charge in [0.2, 0.25) is 0 Å². The zero-order valence-electron chi connectivity index (χ0n) is 15.2. The van der Waals surface area contributed by atoms with Crippen LogP contribution in [0.4, 0.5) is 5.69 Å². The topological polar surface area (TPSA) is 63.7 Å². The van der Waals surface area contributed by atoms with Crippen LogP contribution < -0.4 is 4.90 Å². The van der Waals surface area contributed by atoms with E-state index in [4.69, 9.17) is 4.74 Å². The number of rotatable bonds is 5. The van der Waals surface area contributed by atoms with Crippen molar-refractivity contribution in [1.82, 2.24) is 0 Å². The highest BCUT2D eigenvalue weighted by Crippen LogP contribution is 2.31. The van der Waals surface area contributed by atoms with E-state index in [1.165, 1.54) is 23.1 Å². The van der Waals surface area contributed by atoms with Crippen LogP contribution in [-0.4, -0.2) is 24.4 Å². The molecule has 1 heterocycles. The number of anilines is 1. The lowest BCUT2D eigenvalue weighted by molar-refractivity contribution is 0.0499. The smallest absolute Gasteiger partial charge is 0.338 e. The number of nitrogens with zero attached hydrogens (tertiary/aromatic N) is 1. The Kier molecular flexibility index (Phi) is 4.89. The number of carbonyl (C=O) groups excluding carboxylic acids is 3. The maximum absolute atomic E-state index is 12.9. The van der Waals surface area contributed by atoms with Crippen molar-refractivity contribution in [3.63, 3.8) is 0 Å². The van der Waals surface area contributed by atoms with Crippen molar-refractivity contribution >= 4 is 23.5 Å². The van der Waals surface area contributed by atoms with Crippen molar-refractivity contribution < 1.29 is 19.1 Å². The molecule has 1 aliphatic heterocycles. The zero-order chi connectivity index (χ0) is 18.8. The first-order valence-electron chi connectivity index (χ1n) is 8.71. The lowest BCUT2D eigenvalue weighted by atomic mass is 10.1. The number of benzene rings is 2. The highest BCUT2D eigenvalue weighted by atomic mass is 16.5. The van der Waals surface area contributed by atoms with Crippen LogP contribution in [0.3, 0.4) is 0 Å². The van der Waals surface area contributed by atoms with Crippen LogP contribution in [-0.2, 0) is 4.74 Å². The number of unbranched alkanes of at least 4 members (excludes halogenated alkanes) is 1. The summed E-state index contributed by atoms with van der Waals surface area (Å²) < 4.78 is 5.19. The molecule has 5 nitrogen and oxygen atoms in total. The monoisotopic (exact) mass is 351 g/mol. The number of amides is 2. The molecule has 1 aliphatic rings. The summed E-state index contributed by atoms with van der Waals surface area (Å²) in [6.45, 7) is 6.11. The van der Waals surface area contributed by atoms with Gasteiger partial charge >= 0.3 is 5.97 Å². The number of fused-ring (bicyclic) bond motifs is 1. The molecule has 134 valence electrons. The molecule has 0 aliphatic carbocycles. The van der Waals surface area contributed by atoms with Gasteiger partial charge in [0.05, 0.1) is 29.0 Å². The average Bonchev–Trinajstić information content (AvgIpc) is 2.88. The molecule has 0 aromatic heterocycles. The van der Waals surface area contributed by atoms with E-state index in [1.807, 2.05) is 39.0 Å². The molecule has 0 saturated carbocycles. The van der Waals surface area contributed by atoms with Crippen LogP contribution in [0.15, 0.2) is 36.4 Å². The minimum Gasteiger partial charge on any atom is -0.462 e. The van der Waals surface area contributed by atoms with E-state index >= 15 is 0 Å². The molecule has 0 spiro atoms. The fourth-order valence-electron chi connectivity index (χ4n) is 2.94. The quantitative estimate of drug-likeness (QED) is 0.463. The number of hydrogen-bond acceptors (Lipinski definition) is 4. The Labute approximate surface area is 152 Å². The molecule has 0 radical (unpaired) electrons. The lowest BCUT2D eigenvalue weighted by Gasteiger charge is -2.17. The number of hydrogen-bond donors (Lipinski definition) is 0. The van der Waals surface area contributed by atoms with Crippen molar-refractivity contribution in [2.75, 3.05) is 11.5 Å². The van der Waals surface area contributed by atoms with E-state index in [1.54, 1.807) is 0 Å². The van der Waals surface area contributed by atoms with Crippen LogP contribution in [0.1, 0.15) is 62.0 Å². The fourth-order valence-corrected chi connectivity index (χ4v) is 2.94. The van der Waals surface area contributed by atoms with Crippen LogP contribution in [0, 0.1) is 13.8 Å². The second-order valence-electron chi connectivity index (χ2n) is 6.49. The summed E-state index contributed by atoms with van der Waals surface area (Å²) in [7, 11) is 0. The van der Waals surface area contributed by atoms with Gasteiger partial charge in [-0.15, -0.1) is 0 Å². The molecule has 0 atom stereocenters. The van der Waals surface area contributed by atoms with Gasteiger partial charge in [0.1, 0.15) is 0 Å². The van der Waals surface area contributed by atoms with E-state index in [0.29, 0.717) is 17.9 Å². The number of ether oxygens (including phenoxy) is 1. The van der Waals surface area contributed by atoms with Crippen molar-refractivity contribution in [3.05, 3.63) is 64.2 Å². The fraction of sp³-hybridized carbons (Fsp3) is 0.286. The lowest BCUT2D eigenvalue weighted by Crippen LogP contribution is -2.30. The summed E-state index contributed by atoms with van der Waals surface area (Å²) in [4.78, 5) is 38.9. The molecule has 0 N–H and O–H groups in total. The molecule has 2 aromatic carbocycles. The van der Waals surface area contributed by atoms with Gasteiger partial charge < -0.3 is 4.74 Å². The minimum absolute atomic E-state index is 0.237. The van der Waals surface area contributed by atoms with Crippen molar-refractivity contribution in [3.8, 4) is 0 Å². The van der Waals surface area contributed by atoms with Gasteiger partial charge in [-0.3, -0.25) is 9.59 Å². The maximum Gasteiger partial charge on any atom is 0.338 e. The van der Waals surface area contributed by atoms with E-state index in [0.717, 1.165) is 24.0 Å². The minimum atomic E-state index is -0.480. The van der Waals surface area contributed by atoms with Crippen LogP contribution in [0.25, 0.3) is 0 Å². The molecule has 0 fully saturated rings. The number of esters is 1. The molecule has 3 rings (SSSR count). The molecule has 26 heavy (non-hydrogen) atoms. The summed E-state index contributed by atoms with van der Waals surface area (Å²) in [5.41, 5.74) is 3.20. The summed E-state index contributed by atoms with van der Waals surface area (Å²) >= 11 is 0. The Hall–Kier alpha value is -2.95. The van der Waals surface area contributed by atoms with Gasteiger partial charge in [-0.25, -0.2) is 9.69 Å². The van der Waals surface area contributed by atoms with Gasteiger partial charge in [-0.05, 0) is 55.7 Å². The van der Waals surface area contributed by atoms with E-state index in [-0.39, 0.29) is 17.0 Å². The van der Waals surface area contributed by atoms with E-state index in [2.05, 4.69) is 0 Å². The van der Waals surface area contributed by atoms with Crippen LogP contribution in [0.5, 0.6) is 0 Å². The Morgan fingerprint density at radius 2 is 1.73 bits per heavy atom. The second kappa shape index (κ2) is 7.12. The molecule has 2 amide bonds. The molecular weight excluding hydrogens is 330 g/mol. The average molecular weight is 351 g/mol. The van der Waals surface area contributed by atoms with Crippen molar-refractivity contribution in [2.45, 2.75) is 33.6 Å². The number of aryl methyl sites for hydroxylation is 2. The Morgan fingerprint density at radius 1 is 1.00 bits per heavy atom. The Balaban J connectivity index is 1.93. The van der Waals surface area contributed by atoms with Gasteiger partial charge in [0.15, 0.2) is 0 Å². The first-order chi connectivity index (χ1) is 12.4. The maximum atomic E-state index is 12.9. The predicted octanol–water partition coefficient (Wildman–Crippen LogP) is 4.06. The summed E-state index contributed by atoms with van der Waals surface area (Å²) in [5.74, 6) is -1.27. The van der Waals surface area contributed by atoms with Crippen molar-refractivity contribution in [1.29, 1.82) is 0 Å².